The number of hydrogen-bond acceptors (Lipinski definition) is 3. The van der Waals surface area contributed by atoms with E-state index in [9.17, 15) is 15.3 Å². The van der Waals surface area contributed by atoms with Crippen LogP contribution in [-0.4, -0.2) is 15.3 Å². The number of para-hydroxylation sites is 2. The van der Waals surface area contributed by atoms with E-state index in [-0.39, 0.29) is 17.9 Å². The highest BCUT2D eigenvalue weighted by Gasteiger charge is 2.34. The molecule has 0 bridgehead atoms. The second-order valence-corrected chi connectivity index (χ2v) is 4.39. The van der Waals surface area contributed by atoms with Gasteiger partial charge >= 0.3 is 0 Å². The lowest BCUT2D eigenvalue weighted by atomic mass is 9.82. The van der Waals surface area contributed by atoms with Crippen LogP contribution in [0.2, 0.25) is 0 Å². The lowest BCUT2D eigenvalue weighted by molar-refractivity contribution is 0.0787. The maximum atomic E-state index is 10.9. The number of aliphatic hydroxyl groups is 1. The van der Waals surface area contributed by atoms with Crippen LogP contribution in [0.3, 0.4) is 0 Å². The molecule has 0 aliphatic rings. The molecule has 0 atom stereocenters. The molecule has 98 valence electrons. The van der Waals surface area contributed by atoms with Crippen LogP contribution in [0.25, 0.3) is 0 Å². The molecule has 0 saturated carbocycles. The third-order valence-electron chi connectivity index (χ3n) is 3.14. The van der Waals surface area contributed by atoms with Crippen molar-refractivity contribution in [1.82, 2.24) is 0 Å². The third-order valence-corrected chi connectivity index (χ3v) is 3.14. The maximum absolute atomic E-state index is 10.9. The van der Waals surface area contributed by atoms with E-state index in [0.717, 1.165) is 0 Å². The van der Waals surface area contributed by atoms with E-state index in [1.54, 1.807) is 42.5 Å². The standard InChI is InChI=1S/C16H16O3/c1-2-11-16(19,12-7-3-5-9-14(12)17)13-8-4-6-10-15(13)18/h2-10,17-19H,1,11H2. The fourth-order valence-corrected chi connectivity index (χ4v) is 2.22. The summed E-state index contributed by atoms with van der Waals surface area (Å²) in [5.74, 6) is -0.0368. The molecule has 19 heavy (non-hydrogen) atoms. The van der Waals surface area contributed by atoms with E-state index in [1.807, 2.05) is 0 Å². The van der Waals surface area contributed by atoms with Gasteiger partial charge in [0, 0.05) is 17.5 Å². The Morgan fingerprint density at radius 1 is 0.895 bits per heavy atom. The van der Waals surface area contributed by atoms with Crippen LogP contribution in [0.1, 0.15) is 17.5 Å². The van der Waals surface area contributed by atoms with Gasteiger partial charge in [-0.2, -0.15) is 0 Å². The molecule has 3 nitrogen and oxygen atoms in total. The van der Waals surface area contributed by atoms with Crippen molar-refractivity contribution >= 4 is 0 Å². The van der Waals surface area contributed by atoms with Gasteiger partial charge in [-0.1, -0.05) is 42.5 Å². The first-order valence-electron chi connectivity index (χ1n) is 6.00. The van der Waals surface area contributed by atoms with E-state index in [4.69, 9.17) is 0 Å². The Morgan fingerprint density at radius 2 is 1.32 bits per heavy atom. The number of benzene rings is 2. The molecule has 0 radical (unpaired) electrons. The zero-order valence-electron chi connectivity index (χ0n) is 10.5. The predicted octanol–water partition coefficient (Wildman–Crippen LogP) is 2.91. The molecule has 0 aromatic heterocycles. The molecular weight excluding hydrogens is 240 g/mol. The van der Waals surface area contributed by atoms with E-state index in [2.05, 4.69) is 6.58 Å². The second kappa shape index (κ2) is 5.16. The number of phenolic OH excluding ortho intramolecular Hbond substituents is 2. The van der Waals surface area contributed by atoms with Gasteiger partial charge in [-0.25, -0.2) is 0 Å². The van der Waals surface area contributed by atoms with Crippen molar-refractivity contribution in [1.29, 1.82) is 0 Å². The normalized spacial score (nSPS) is 11.2. The van der Waals surface area contributed by atoms with Gasteiger partial charge in [0.15, 0.2) is 0 Å². The van der Waals surface area contributed by atoms with Gasteiger partial charge in [0.05, 0.1) is 0 Å². The first kappa shape index (κ1) is 13.2. The number of rotatable bonds is 4. The molecule has 0 aliphatic carbocycles. The van der Waals surface area contributed by atoms with Crippen molar-refractivity contribution < 1.29 is 15.3 Å². The Kier molecular flexibility index (Phi) is 3.58. The van der Waals surface area contributed by atoms with Gasteiger partial charge in [-0.05, 0) is 12.1 Å². The van der Waals surface area contributed by atoms with Crippen molar-refractivity contribution in [3.8, 4) is 11.5 Å². The Balaban J connectivity index is 2.65. The van der Waals surface area contributed by atoms with Gasteiger partial charge in [0.25, 0.3) is 0 Å². The molecule has 3 N–H and O–H groups in total. The molecule has 0 heterocycles. The molecular formula is C16H16O3. The molecule has 0 aliphatic heterocycles. The highest BCUT2D eigenvalue weighted by atomic mass is 16.3. The zero-order valence-corrected chi connectivity index (χ0v) is 10.5. The molecule has 0 spiro atoms. The summed E-state index contributed by atoms with van der Waals surface area (Å²) in [6, 6.07) is 13.1. The lowest BCUT2D eigenvalue weighted by Gasteiger charge is -2.29. The number of hydrogen-bond donors (Lipinski definition) is 3. The molecule has 0 amide bonds. The lowest BCUT2D eigenvalue weighted by Crippen LogP contribution is -2.26. The largest absolute Gasteiger partial charge is 0.508 e. The summed E-state index contributed by atoms with van der Waals surface area (Å²) in [7, 11) is 0. The topological polar surface area (TPSA) is 60.7 Å². The van der Waals surface area contributed by atoms with Crippen molar-refractivity contribution in [2.75, 3.05) is 0 Å². The summed E-state index contributed by atoms with van der Waals surface area (Å²) in [5.41, 5.74) is -0.814. The molecule has 0 unspecified atom stereocenters. The monoisotopic (exact) mass is 256 g/mol. The molecule has 2 rings (SSSR count). The first-order valence-corrected chi connectivity index (χ1v) is 6.00. The molecule has 2 aromatic rings. The van der Waals surface area contributed by atoms with Crippen LogP contribution in [0.5, 0.6) is 11.5 Å². The van der Waals surface area contributed by atoms with Gasteiger partial charge in [-0.3, -0.25) is 0 Å². The maximum Gasteiger partial charge on any atom is 0.125 e. The van der Waals surface area contributed by atoms with Crippen LogP contribution >= 0.6 is 0 Å². The van der Waals surface area contributed by atoms with Crippen LogP contribution in [0, 0.1) is 0 Å². The number of phenols is 2. The summed E-state index contributed by atoms with van der Waals surface area (Å²) in [6.45, 7) is 3.63. The second-order valence-electron chi connectivity index (χ2n) is 4.39. The van der Waals surface area contributed by atoms with Crippen molar-refractivity contribution in [2.45, 2.75) is 12.0 Å². The van der Waals surface area contributed by atoms with Crippen LogP contribution < -0.4 is 0 Å². The summed E-state index contributed by atoms with van der Waals surface area (Å²) in [6.07, 6.45) is 1.74. The van der Waals surface area contributed by atoms with Gasteiger partial charge < -0.3 is 15.3 Å². The first-order chi connectivity index (χ1) is 9.09. The predicted molar refractivity (Wildman–Crippen MR) is 74.0 cm³/mol. The Labute approximate surface area is 112 Å². The van der Waals surface area contributed by atoms with Crippen molar-refractivity contribution in [3.63, 3.8) is 0 Å². The highest BCUT2D eigenvalue weighted by Crippen LogP contribution is 2.41. The Bertz CT molecular complexity index is 545. The molecule has 0 fully saturated rings. The Hall–Kier alpha value is -2.26. The van der Waals surface area contributed by atoms with E-state index in [1.165, 1.54) is 12.1 Å². The minimum atomic E-state index is -1.50. The summed E-state index contributed by atoms with van der Waals surface area (Å²) in [4.78, 5) is 0. The average Bonchev–Trinajstić information content (AvgIpc) is 2.39. The van der Waals surface area contributed by atoms with E-state index < -0.39 is 5.60 Å². The van der Waals surface area contributed by atoms with Gasteiger partial charge in [0.2, 0.25) is 0 Å². The van der Waals surface area contributed by atoms with Gasteiger partial charge in [-0.15, -0.1) is 6.58 Å². The van der Waals surface area contributed by atoms with E-state index >= 15 is 0 Å². The molecule has 0 saturated heterocycles. The highest BCUT2D eigenvalue weighted by molar-refractivity contribution is 5.48. The molecule has 2 aromatic carbocycles. The summed E-state index contributed by atoms with van der Waals surface area (Å²) < 4.78 is 0. The number of aromatic hydroxyl groups is 2. The molecule has 3 heteroatoms. The van der Waals surface area contributed by atoms with Crippen LogP contribution in [-0.2, 0) is 5.60 Å². The quantitative estimate of drug-likeness (QED) is 0.737. The SMILES string of the molecule is C=CCC(O)(c1ccccc1O)c1ccccc1O. The smallest absolute Gasteiger partial charge is 0.125 e. The van der Waals surface area contributed by atoms with Crippen LogP contribution in [0.4, 0.5) is 0 Å². The van der Waals surface area contributed by atoms with E-state index in [0.29, 0.717) is 11.1 Å². The third kappa shape index (κ3) is 2.33. The fourth-order valence-electron chi connectivity index (χ4n) is 2.22. The van der Waals surface area contributed by atoms with Crippen LogP contribution in [0.15, 0.2) is 61.2 Å². The Morgan fingerprint density at radius 3 is 1.68 bits per heavy atom. The van der Waals surface area contributed by atoms with Crippen molar-refractivity contribution in [3.05, 3.63) is 72.3 Å². The average molecular weight is 256 g/mol. The summed E-state index contributed by atoms with van der Waals surface area (Å²) in [5, 5.41) is 30.8. The van der Waals surface area contributed by atoms with Crippen molar-refractivity contribution in [2.24, 2.45) is 0 Å². The minimum Gasteiger partial charge on any atom is -0.508 e. The van der Waals surface area contributed by atoms with Gasteiger partial charge in [0.1, 0.15) is 17.1 Å². The summed E-state index contributed by atoms with van der Waals surface area (Å²) >= 11 is 0. The fraction of sp³-hybridized carbons (Fsp3) is 0.125. The zero-order chi connectivity index (χ0) is 13.9. The minimum absolute atomic E-state index is 0.0184.